The van der Waals surface area contributed by atoms with Gasteiger partial charge in [0.15, 0.2) is 0 Å². The number of hydrogen-bond acceptors (Lipinski definition) is 4. The molecule has 0 saturated heterocycles. The summed E-state index contributed by atoms with van der Waals surface area (Å²) < 4.78 is 6.15. The van der Waals surface area contributed by atoms with Crippen molar-refractivity contribution >= 4 is 27.3 Å². The van der Waals surface area contributed by atoms with Crippen LogP contribution in [0.2, 0.25) is 0 Å². The molecule has 1 rings (SSSR count). The number of hydrogen-bond donors (Lipinski definition) is 2. The van der Waals surface area contributed by atoms with Gasteiger partial charge in [-0.2, -0.15) is 0 Å². The van der Waals surface area contributed by atoms with Crippen molar-refractivity contribution in [3.8, 4) is 5.75 Å². The predicted octanol–water partition coefficient (Wildman–Crippen LogP) is 2.47. The van der Waals surface area contributed by atoms with Gasteiger partial charge in [0.05, 0.1) is 19.9 Å². The van der Waals surface area contributed by atoms with E-state index in [9.17, 15) is 0 Å². The molecule has 0 heterocycles. The summed E-state index contributed by atoms with van der Waals surface area (Å²) in [5.74, 6) is 0.713. The highest BCUT2D eigenvalue weighted by Gasteiger charge is 2.09. The highest BCUT2D eigenvalue weighted by Crippen LogP contribution is 2.35. The van der Waals surface area contributed by atoms with E-state index >= 15 is 0 Å². The third-order valence-corrected chi connectivity index (χ3v) is 2.22. The molecule has 0 aliphatic heterocycles. The van der Waals surface area contributed by atoms with Gasteiger partial charge in [-0.3, -0.25) is 10.3 Å². The molecule has 1 aromatic carbocycles. The fraction of sp³-hybridized carbons (Fsp3) is 0.333. The molecular formula is C9H13BrN2O2. The van der Waals surface area contributed by atoms with Gasteiger partial charge in [0, 0.05) is 11.5 Å². The molecule has 0 bridgehead atoms. The molecule has 0 spiro atoms. The third-order valence-electron chi connectivity index (χ3n) is 1.76. The van der Waals surface area contributed by atoms with E-state index in [1.165, 1.54) is 0 Å². The summed E-state index contributed by atoms with van der Waals surface area (Å²) in [4.78, 5) is 4.87. The SMILES string of the molecule is CNc1cc(Br)cc(OC)c1NOC. The third kappa shape index (κ3) is 2.30. The lowest BCUT2D eigenvalue weighted by Crippen LogP contribution is -2.03. The molecule has 0 fully saturated rings. The molecule has 0 unspecified atom stereocenters. The van der Waals surface area contributed by atoms with Crippen LogP contribution in [0, 0.1) is 0 Å². The molecule has 78 valence electrons. The Morgan fingerprint density at radius 2 is 2.00 bits per heavy atom. The van der Waals surface area contributed by atoms with Crippen LogP contribution in [-0.2, 0) is 4.84 Å². The maximum absolute atomic E-state index is 5.21. The summed E-state index contributed by atoms with van der Waals surface area (Å²) in [6.07, 6.45) is 0. The molecule has 4 nitrogen and oxygen atoms in total. The maximum Gasteiger partial charge on any atom is 0.147 e. The van der Waals surface area contributed by atoms with Crippen LogP contribution in [-0.4, -0.2) is 21.3 Å². The molecular weight excluding hydrogens is 248 g/mol. The molecule has 0 radical (unpaired) electrons. The van der Waals surface area contributed by atoms with Crippen LogP contribution in [0.1, 0.15) is 0 Å². The van der Waals surface area contributed by atoms with Crippen molar-refractivity contribution in [1.29, 1.82) is 0 Å². The number of ether oxygens (including phenoxy) is 1. The van der Waals surface area contributed by atoms with E-state index in [0.29, 0.717) is 5.75 Å². The number of rotatable bonds is 4. The van der Waals surface area contributed by atoms with Gasteiger partial charge in [-0.1, -0.05) is 15.9 Å². The lowest BCUT2D eigenvalue weighted by atomic mass is 10.2. The highest BCUT2D eigenvalue weighted by atomic mass is 79.9. The van der Waals surface area contributed by atoms with Crippen LogP contribution in [0.15, 0.2) is 16.6 Å². The first kappa shape index (κ1) is 11.1. The number of anilines is 2. The van der Waals surface area contributed by atoms with Gasteiger partial charge in [0.2, 0.25) is 0 Å². The van der Waals surface area contributed by atoms with Crippen molar-refractivity contribution < 1.29 is 9.57 Å². The standard InChI is InChI=1S/C9H13BrN2O2/c1-11-7-4-6(10)5-8(13-2)9(7)12-14-3/h4-5,11-12H,1-3H3. The van der Waals surface area contributed by atoms with Crippen LogP contribution in [0.25, 0.3) is 0 Å². The van der Waals surface area contributed by atoms with Gasteiger partial charge in [0.25, 0.3) is 0 Å². The first-order valence-corrected chi connectivity index (χ1v) is 4.86. The molecule has 0 atom stereocenters. The average Bonchev–Trinajstić information content (AvgIpc) is 2.20. The van der Waals surface area contributed by atoms with Crippen molar-refractivity contribution in [3.63, 3.8) is 0 Å². The monoisotopic (exact) mass is 260 g/mol. The molecule has 0 aliphatic rings. The zero-order valence-electron chi connectivity index (χ0n) is 8.35. The van der Waals surface area contributed by atoms with E-state index in [-0.39, 0.29) is 0 Å². The zero-order chi connectivity index (χ0) is 10.6. The number of halogens is 1. The Labute approximate surface area is 91.7 Å². The average molecular weight is 261 g/mol. The van der Waals surface area contributed by atoms with Gasteiger partial charge in [-0.25, -0.2) is 0 Å². The van der Waals surface area contributed by atoms with Crippen molar-refractivity contribution in [2.24, 2.45) is 0 Å². The van der Waals surface area contributed by atoms with Crippen LogP contribution >= 0.6 is 15.9 Å². The lowest BCUT2D eigenvalue weighted by molar-refractivity contribution is 0.268. The largest absolute Gasteiger partial charge is 0.494 e. The van der Waals surface area contributed by atoms with E-state index in [4.69, 9.17) is 9.57 Å². The molecule has 0 aliphatic carbocycles. The van der Waals surface area contributed by atoms with Crippen LogP contribution in [0.3, 0.4) is 0 Å². The number of methoxy groups -OCH3 is 1. The number of nitrogens with one attached hydrogen (secondary N) is 2. The number of benzene rings is 1. The summed E-state index contributed by atoms with van der Waals surface area (Å²) in [5, 5.41) is 3.04. The molecule has 1 aromatic rings. The van der Waals surface area contributed by atoms with Gasteiger partial charge in [-0.15, -0.1) is 0 Å². The van der Waals surface area contributed by atoms with Gasteiger partial charge < -0.3 is 10.1 Å². The summed E-state index contributed by atoms with van der Waals surface area (Å²) in [7, 11) is 5.00. The Kier molecular flexibility index (Phi) is 4.03. The van der Waals surface area contributed by atoms with Crippen LogP contribution < -0.4 is 15.5 Å². The normalized spacial score (nSPS) is 9.71. The fourth-order valence-corrected chi connectivity index (χ4v) is 1.58. The Morgan fingerprint density at radius 3 is 2.50 bits per heavy atom. The second-order valence-electron chi connectivity index (χ2n) is 2.59. The van der Waals surface area contributed by atoms with Crippen molar-refractivity contribution in [3.05, 3.63) is 16.6 Å². The first-order chi connectivity index (χ1) is 6.72. The van der Waals surface area contributed by atoms with Crippen molar-refractivity contribution in [2.45, 2.75) is 0 Å². The Hall–Kier alpha value is -0.940. The predicted molar refractivity (Wildman–Crippen MR) is 60.9 cm³/mol. The topological polar surface area (TPSA) is 42.5 Å². The fourth-order valence-electron chi connectivity index (χ4n) is 1.15. The minimum absolute atomic E-state index is 0.713. The smallest absolute Gasteiger partial charge is 0.147 e. The van der Waals surface area contributed by atoms with Gasteiger partial charge >= 0.3 is 0 Å². The van der Waals surface area contributed by atoms with E-state index in [0.717, 1.165) is 15.8 Å². The Morgan fingerprint density at radius 1 is 1.29 bits per heavy atom. The second kappa shape index (κ2) is 5.07. The Balaban J connectivity index is 3.18. The van der Waals surface area contributed by atoms with E-state index < -0.39 is 0 Å². The summed E-state index contributed by atoms with van der Waals surface area (Å²) >= 11 is 3.39. The highest BCUT2D eigenvalue weighted by molar-refractivity contribution is 9.10. The second-order valence-corrected chi connectivity index (χ2v) is 3.50. The minimum Gasteiger partial charge on any atom is -0.494 e. The summed E-state index contributed by atoms with van der Waals surface area (Å²) in [6, 6.07) is 3.80. The quantitative estimate of drug-likeness (QED) is 0.817. The van der Waals surface area contributed by atoms with Crippen LogP contribution in [0.5, 0.6) is 5.75 Å². The Bertz CT molecular complexity index is 293. The van der Waals surface area contributed by atoms with E-state index in [1.807, 2.05) is 19.2 Å². The molecule has 14 heavy (non-hydrogen) atoms. The minimum atomic E-state index is 0.713. The molecule has 5 heteroatoms. The van der Waals surface area contributed by atoms with Crippen molar-refractivity contribution in [1.82, 2.24) is 0 Å². The molecule has 0 saturated carbocycles. The zero-order valence-corrected chi connectivity index (χ0v) is 9.94. The summed E-state index contributed by atoms with van der Waals surface area (Å²) in [5.41, 5.74) is 4.44. The summed E-state index contributed by atoms with van der Waals surface area (Å²) in [6.45, 7) is 0. The van der Waals surface area contributed by atoms with Crippen molar-refractivity contribution in [2.75, 3.05) is 32.1 Å². The first-order valence-electron chi connectivity index (χ1n) is 4.07. The van der Waals surface area contributed by atoms with Gasteiger partial charge in [0.1, 0.15) is 11.4 Å². The van der Waals surface area contributed by atoms with E-state index in [1.54, 1.807) is 14.2 Å². The lowest BCUT2D eigenvalue weighted by Gasteiger charge is -2.14. The van der Waals surface area contributed by atoms with Crippen LogP contribution in [0.4, 0.5) is 11.4 Å². The molecule has 0 aromatic heterocycles. The molecule has 2 N–H and O–H groups in total. The van der Waals surface area contributed by atoms with E-state index in [2.05, 4.69) is 26.7 Å². The maximum atomic E-state index is 5.21. The molecule has 0 amide bonds. The van der Waals surface area contributed by atoms with Gasteiger partial charge in [-0.05, 0) is 12.1 Å².